The number of piperidine rings is 1. The minimum atomic E-state index is -1.22. The number of aliphatic hydroxyl groups is 1. The van der Waals surface area contributed by atoms with Crippen LogP contribution in [0.25, 0.3) is 11.3 Å². The van der Waals surface area contributed by atoms with E-state index in [2.05, 4.69) is 72.2 Å². The number of methoxy groups -OCH3 is 1. The van der Waals surface area contributed by atoms with E-state index in [0.29, 0.717) is 31.8 Å². The Hall–Kier alpha value is -3.07. The van der Waals surface area contributed by atoms with Gasteiger partial charge in [-0.05, 0) is 49.1 Å². The number of benzene rings is 1. The maximum absolute atomic E-state index is 12.6. The van der Waals surface area contributed by atoms with Crippen molar-refractivity contribution in [3.63, 3.8) is 0 Å². The van der Waals surface area contributed by atoms with Gasteiger partial charge < -0.3 is 19.6 Å². The van der Waals surface area contributed by atoms with Gasteiger partial charge in [0.2, 0.25) is 5.91 Å². The summed E-state index contributed by atoms with van der Waals surface area (Å²) in [7, 11) is 3.80. The number of nitrogens with zero attached hydrogens (tertiary/aromatic N) is 4. The molecular formula is C31H41N5O3. The fraction of sp³-hybridized carbons (Fsp3) is 0.516. The number of likely N-dealkylation sites (tertiary alicyclic amines) is 2. The molecule has 8 heteroatoms. The molecule has 2 N–H and O–H groups in total. The third-order valence-corrected chi connectivity index (χ3v) is 9.03. The lowest BCUT2D eigenvalue weighted by Gasteiger charge is -2.55. The molecular weight excluding hydrogens is 490 g/mol. The van der Waals surface area contributed by atoms with E-state index in [-0.39, 0.29) is 11.3 Å². The Morgan fingerprint density at radius 1 is 1.10 bits per heavy atom. The predicted molar refractivity (Wildman–Crippen MR) is 151 cm³/mol. The first-order chi connectivity index (χ1) is 18.5. The van der Waals surface area contributed by atoms with Crippen molar-refractivity contribution in [3.05, 3.63) is 71.2 Å². The van der Waals surface area contributed by atoms with Crippen LogP contribution in [0, 0.1) is 5.41 Å². The number of nitrogens with one attached hydrogen (secondary N) is 1. The molecule has 0 aliphatic carbocycles. The Kier molecular flexibility index (Phi) is 7.16. The summed E-state index contributed by atoms with van der Waals surface area (Å²) in [4.78, 5) is 20.5. The van der Waals surface area contributed by atoms with Crippen molar-refractivity contribution in [2.45, 2.75) is 57.7 Å². The minimum Gasteiger partial charge on any atom is -0.380 e. The van der Waals surface area contributed by atoms with Gasteiger partial charge >= 0.3 is 0 Å². The van der Waals surface area contributed by atoms with Gasteiger partial charge in [0.15, 0.2) is 0 Å². The summed E-state index contributed by atoms with van der Waals surface area (Å²) in [6.45, 7) is 11.0. The molecule has 208 valence electrons. The molecule has 2 aliphatic rings. The molecule has 2 aromatic heterocycles. The first-order valence-corrected chi connectivity index (χ1v) is 13.9. The molecule has 0 unspecified atom stereocenters. The molecule has 2 aliphatic heterocycles. The van der Waals surface area contributed by atoms with E-state index in [4.69, 9.17) is 4.74 Å². The highest BCUT2D eigenvalue weighted by atomic mass is 16.5. The van der Waals surface area contributed by atoms with Gasteiger partial charge in [-0.3, -0.25) is 14.9 Å². The van der Waals surface area contributed by atoms with Crippen LogP contribution in [0.1, 0.15) is 68.8 Å². The van der Waals surface area contributed by atoms with Gasteiger partial charge in [0.1, 0.15) is 11.2 Å². The Morgan fingerprint density at radius 2 is 1.77 bits per heavy atom. The van der Waals surface area contributed by atoms with Crippen LogP contribution in [-0.4, -0.2) is 76.3 Å². The largest absolute Gasteiger partial charge is 0.380 e. The summed E-state index contributed by atoms with van der Waals surface area (Å²) in [6, 6.07) is 12.4. The number of aromatic amines is 1. The SMILES string of the molecule is COC1(c2cc(-c3cncc([C@@](O)(c4ccc(C(C)C)cc4)C4(C)CN(C)C4)c3)n[nH]2)CCN(C(C)=O)CC1. The third-order valence-electron chi connectivity index (χ3n) is 9.03. The Labute approximate surface area is 231 Å². The Balaban J connectivity index is 1.50. The molecule has 8 nitrogen and oxygen atoms in total. The number of pyridine rings is 1. The molecule has 1 aromatic carbocycles. The fourth-order valence-electron chi connectivity index (χ4n) is 6.59. The van der Waals surface area contributed by atoms with Crippen LogP contribution in [0.5, 0.6) is 0 Å². The second-order valence-electron chi connectivity index (χ2n) is 12.1. The highest BCUT2D eigenvalue weighted by molar-refractivity contribution is 5.73. The Morgan fingerprint density at radius 3 is 2.33 bits per heavy atom. The molecule has 2 fully saturated rings. The third kappa shape index (κ3) is 4.68. The zero-order valence-electron chi connectivity index (χ0n) is 24.0. The van der Waals surface area contributed by atoms with E-state index in [0.717, 1.165) is 41.2 Å². The molecule has 5 rings (SSSR count). The molecule has 1 amide bonds. The number of hydrogen-bond donors (Lipinski definition) is 2. The molecule has 0 bridgehead atoms. The molecule has 39 heavy (non-hydrogen) atoms. The monoisotopic (exact) mass is 531 g/mol. The van der Waals surface area contributed by atoms with Gasteiger partial charge in [-0.2, -0.15) is 5.10 Å². The maximum Gasteiger partial charge on any atom is 0.219 e. The van der Waals surface area contributed by atoms with Crippen LogP contribution < -0.4 is 0 Å². The van der Waals surface area contributed by atoms with Crippen molar-refractivity contribution in [2.75, 3.05) is 40.3 Å². The van der Waals surface area contributed by atoms with Crippen LogP contribution in [0.4, 0.5) is 0 Å². The summed E-state index contributed by atoms with van der Waals surface area (Å²) >= 11 is 0. The molecule has 1 atom stereocenters. The highest BCUT2D eigenvalue weighted by Crippen LogP contribution is 2.50. The van der Waals surface area contributed by atoms with Crippen LogP contribution in [0.2, 0.25) is 0 Å². The van der Waals surface area contributed by atoms with Crippen molar-refractivity contribution in [1.82, 2.24) is 25.0 Å². The van der Waals surface area contributed by atoms with Gasteiger partial charge in [-0.15, -0.1) is 0 Å². The molecule has 3 aromatic rings. The highest BCUT2D eigenvalue weighted by Gasteiger charge is 2.55. The molecule has 4 heterocycles. The van der Waals surface area contributed by atoms with Crippen molar-refractivity contribution < 1.29 is 14.6 Å². The number of hydrogen-bond acceptors (Lipinski definition) is 6. The summed E-state index contributed by atoms with van der Waals surface area (Å²) < 4.78 is 6.01. The topological polar surface area (TPSA) is 94.6 Å². The van der Waals surface area contributed by atoms with Gasteiger partial charge in [-0.25, -0.2) is 0 Å². The predicted octanol–water partition coefficient (Wildman–Crippen LogP) is 4.27. The van der Waals surface area contributed by atoms with Crippen LogP contribution in [0.15, 0.2) is 48.8 Å². The summed E-state index contributed by atoms with van der Waals surface area (Å²) in [5.74, 6) is 0.507. The lowest BCUT2D eigenvalue weighted by molar-refractivity contribution is -0.135. The number of carbonyl (C=O) groups is 1. The number of ether oxygens (including phenoxy) is 1. The van der Waals surface area contributed by atoms with Crippen LogP contribution in [-0.2, 0) is 20.7 Å². The molecule has 0 spiro atoms. The number of aromatic nitrogens is 3. The van der Waals surface area contributed by atoms with E-state index >= 15 is 0 Å². The number of amides is 1. The Bertz CT molecular complexity index is 1320. The number of rotatable bonds is 7. The smallest absolute Gasteiger partial charge is 0.219 e. The van der Waals surface area contributed by atoms with E-state index in [1.54, 1.807) is 26.4 Å². The van der Waals surface area contributed by atoms with E-state index in [1.165, 1.54) is 5.56 Å². The number of H-pyrrole nitrogens is 1. The first kappa shape index (κ1) is 27.5. The van der Waals surface area contributed by atoms with E-state index in [9.17, 15) is 9.90 Å². The normalized spacial score (nSPS) is 20.5. The lowest BCUT2D eigenvalue weighted by atomic mass is 9.62. The average molecular weight is 532 g/mol. The molecule has 2 saturated heterocycles. The second kappa shape index (κ2) is 10.2. The fourth-order valence-corrected chi connectivity index (χ4v) is 6.59. The summed E-state index contributed by atoms with van der Waals surface area (Å²) in [6.07, 6.45) is 4.96. The van der Waals surface area contributed by atoms with Gasteiger partial charge in [-0.1, -0.05) is 45.0 Å². The quantitative estimate of drug-likeness (QED) is 0.473. The minimum absolute atomic E-state index is 0.0885. The first-order valence-electron chi connectivity index (χ1n) is 13.9. The zero-order chi connectivity index (χ0) is 28.0. The molecule has 0 saturated carbocycles. The standard InChI is InChI=1S/C31H41N5O3/c1-21(2)23-7-9-25(10-8-23)31(38,29(4)19-35(5)20-29)26-15-24(17-32-18-26)27-16-28(34-33-27)30(39-6)11-13-36(14-12-30)22(3)37/h7-10,15-18,21,38H,11-14,19-20H2,1-6H3,(H,33,34)/t31-/m0/s1. The summed E-state index contributed by atoms with van der Waals surface area (Å²) in [5, 5.41) is 20.4. The van der Waals surface area contributed by atoms with Crippen molar-refractivity contribution >= 4 is 5.91 Å². The number of carbonyl (C=O) groups excluding carboxylic acids is 1. The van der Waals surface area contributed by atoms with Crippen molar-refractivity contribution in [2.24, 2.45) is 5.41 Å². The van der Waals surface area contributed by atoms with Crippen LogP contribution >= 0.6 is 0 Å². The van der Waals surface area contributed by atoms with Gasteiger partial charge in [0.05, 0.1) is 11.4 Å². The van der Waals surface area contributed by atoms with Gasteiger partial charge in [0, 0.05) is 69.1 Å². The average Bonchev–Trinajstić information content (AvgIpc) is 3.43. The van der Waals surface area contributed by atoms with Crippen molar-refractivity contribution in [1.29, 1.82) is 0 Å². The lowest BCUT2D eigenvalue weighted by Crippen LogP contribution is -2.63. The molecule has 0 radical (unpaired) electrons. The maximum atomic E-state index is 12.6. The van der Waals surface area contributed by atoms with Gasteiger partial charge in [0.25, 0.3) is 0 Å². The van der Waals surface area contributed by atoms with E-state index in [1.807, 2.05) is 17.0 Å². The van der Waals surface area contributed by atoms with E-state index < -0.39 is 11.2 Å². The summed E-state index contributed by atoms with van der Waals surface area (Å²) in [5.41, 5.74) is 3.23. The second-order valence-corrected chi connectivity index (χ2v) is 12.1. The van der Waals surface area contributed by atoms with Crippen molar-refractivity contribution in [3.8, 4) is 11.3 Å². The van der Waals surface area contributed by atoms with Crippen LogP contribution in [0.3, 0.4) is 0 Å². The zero-order valence-corrected chi connectivity index (χ0v) is 24.0.